The van der Waals surface area contributed by atoms with Crippen LogP contribution in [-0.2, 0) is 0 Å². The Bertz CT molecular complexity index is 1210. The number of hydrogen-bond acceptors (Lipinski definition) is 7. The molecule has 1 amide bonds. The van der Waals surface area contributed by atoms with Gasteiger partial charge in [0.1, 0.15) is 17.4 Å². The molecule has 10 heteroatoms. The predicted molar refractivity (Wildman–Crippen MR) is 146 cm³/mol. The molecule has 1 saturated heterocycles. The molecule has 0 spiro atoms. The Morgan fingerprint density at radius 2 is 2.03 bits per heavy atom. The van der Waals surface area contributed by atoms with E-state index in [2.05, 4.69) is 48.5 Å². The van der Waals surface area contributed by atoms with E-state index in [0.29, 0.717) is 27.7 Å². The summed E-state index contributed by atoms with van der Waals surface area (Å²) in [4.78, 5) is 24.0. The van der Waals surface area contributed by atoms with Gasteiger partial charge in [-0.1, -0.05) is 17.7 Å². The Morgan fingerprint density at radius 3 is 2.72 bits per heavy atom. The molecule has 190 valence electrons. The number of carbonyl (C=O) groups excluding carboxylic acids is 1. The van der Waals surface area contributed by atoms with E-state index in [1.165, 1.54) is 6.20 Å². The van der Waals surface area contributed by atoms with Crippen LogP contribution in [0.25, 0.3) is 0 Å². The third-order valence-corrected chi connectivity index (χ3v) is 6.85. The smallest absolute Gasteiger partial charge is 0.262 e. The van der Waals surface area contributed by atoms with Crippen LogP contribution in [0.3, 0.4) is 0 Å². The zero-order valence-corrected chi connectivity index (χ0v) is 22.8. The zero-order valence-electron chi connectivity index (χ0n) is 20.5. The highest BCUT2D eigenvalue weighted by Gasteiger charge is 2.20. The first kappa shape index (κ1) is 26.2. The third-order valence-electron chi connectivity index (χ3n) is 5.87. The molecule has 2 heterocycles. The summed E-state index contributed by atoms with van der Waals surface area (Å²) in [6, 6.07) is 11.1. The van der Waals surface area contributed by atoms with Crippen LogP contribution < -0.4 is 20.1 Å². The number of amides is 1. The fourth-order valence-electron chi connectivity index (χ4n) is 3.90. The van der Waals surface area contributed by atoms with E-state index in [4.69, 9.17) is 21.1 Å². The van der Waals surface area contributed by atoms with Crippen molar-refractivity contribution < 1.29 is 14.3 Å². The van der Waals surface area contributed by atoms with Gasteiger partial charge in [0.15, 0.2) is 0 Å². The van der Waals surface area contributed by atoms with E-state index in [1.54, 1.807) is 18.2 Å². The highest BCUT2D eigenvalue weighted by molar-refractivity contribution is 9.10. The molecule has 2 N–H and O–H groups in total. The molecule has 8 nitrogen and oxygen atoms in total. The molecule has 0 bridgehead atoms. The van der Waals surface area contributed by atoms with Gasteiger partial charge in [-0.05, 0) is 85.6 Å². The van der Waals surface area contributed by atoms with Crippen LogP contribution in [0.5, 0.6) is 11.6 Å². The molecule has 1 aliphatic heterocycles. The van der Waals surface area contributed by atoms with Crippen molar-refractivity contribution in [3.8, 4) is 11.6 Å². The van der Waals surface area contributed by atoms with Crippen molar-refractivity contribution >= 4 is 50.8 Å². The number of rotatable bonds is 8. The van der Waals surface area contributed by atoms with Crippen LogP contribution in [0.4, 0.5) is 17.3 Å². The van der Waals surface area contributed by atoms with E-state index in [1.807, 2.05) is 32.0 Å². The van der Waals surface area contributed by atoms with Gasteiger partial charge in [-0.15, -0.1) is 0 Å². The second-order valence-electron chi connectivity index (χ2n) is 8.62. The molecule has 0 radical (unpaired) electrons. The van der Waals surface area contributed by atoms with Crippen molar-refractivity contribution in [1.29, 1.82) is 0 Å². The van der Waals surface area contributed by atoms with Crippen molar-refractivity contribution in [2.75, 3.05) is 37.4 Å². The number of carbonyl (C=O) groups is 1. The van der Waals surface area contributed by atoms with Crippen molar-refractivity contribution in [1.82, 2.24) is 14.9 Å². The summed E-state index contributed by atoms with van der Waals surface area (Å²) in [5.74, 6) is 0.945. The van der Waals surface area contributed by atoms with Crippen LogP contribution in [0.2, 0.25) is 5.02 Å². The molecule has 4 rings (SSSR count). The minimum atomic E-state index is -0.426. The Hall–Kier alpha value is -2.88. The average molecular weight is 575 g/mol. The second-order valence-corrected chi connectivity index (χ2v) is 9.88. The molecule has 2 aromatic carbocycles. The zero-order chi connectivity index (χ0) is 25.7. The average Bonchev–Trinajstić information content (AvgIpc) is 2.85. The van der Waals surface area contributed by atoms with Gasteiger partial charge < -0.3 is 25.0 Å². The number of halogens is 2. The predicted octanol–water partition coefficient (Wildman–Crippen LogP) is 6.07. The molecule has 1 fully saturated rings. The molecule has 1 aliphatic rings. The second kappa shape index (κ2) is 11.9. The fourth-order valence-corrected chi connectivity index (χ4v) is 4.70. The monoisotopic (exact) mass is 573 g/mol. The van der Waals surface area contributed by atoms with Crippen LogP contribution in [-0.4, -0.2) is 53.6 Å². The SMILES string of the molecule is CCOc1nc(Nc2ccc(OC3CCN(C)CC3)c(C)c2)ncc1C(=O)Nc1c(Cl)cccc1Br. The van der Waals surface area contributed by atoms with Crippen LogP contribution in [0.1, 0.15) is 35.7 Å². The van der Waals surface area contributed by atoms with Crippen molar-refractivity contribution in [2.24, 2.45) is 0 Å². The minimum absolute atomic E-state index is 0.176. The molecule has 36 heavy (non-hydrogen) atoms. The number of aryl methyl sites for hydroxylation is 1. The highest BCUT2D eigenvalue weighted by Crippen LogP contribution is 2.32. The van der Waals surface area contributed by atoms with E-state index in [0.717, 1.165) is 42.9 Å². The van der Waals surface area contributed by atoms with Crippen LogP contribution in [0, 0.1) is 6.92 Å². The first-order valence-corrected chi connectivity index (χ1v) is 13.0. The van der Waals surface area contributed by atoms with Gasteiger partial charge in [0.05, 0.1) is 17.3 Å². The highest BCUT2D eigenvalue weighted by atomic mass is 79.9. The fraction of sp³-hybridized carbons (Fsp3) is 0.346. The largest absolute Gasteiger partial charge is 0.490 e. The first-order chi connectivity index (χ1) is 17.3. The molecule has 0 saturated carbocycles. The molecule has 0 aliphatic carbocycles. The van der Waals surface area contributed by atoms with E-state index in [9.17, 15) is 4.79 Å². The lowest BCUT2D eigenvalue weighted by Gasteiger charge is -2.29. The Balaban J connectivity index is 1.47. The number of ether oxygens (including phenoxy) is 2. The summed E-state index contributed by atoms with van der Waals surface area (Å²) >= 11 is 9.64. The normalized spacial score (nSPS) is 14.4. The summed E-state index contributed by atoms with van der Waals surface area (Å²) in [5.41, 5.74) is 2.49. The number of benzene rings is 2. The summed E-state index contributed by atoms with van der Waals surface area (Å²) < 4.78 is 12.6. The van der Waals surface area contributed by atoms with Gasteiger partial charge in [0, 0.05) is 29.4 Å². The van der Waals surface area contributed by atoms with Gasteiger partial charge in [0.2, 0.25) is 11.8 Å². The number of piperidine rings is 1. The van der Waals surface area contributed by atoms with Gasteiger partial charge in [-0.25, -0.2) is 4.98 Å². The Labute approximate surface area is 224 Å². The number of hydrogen-bond donors (Lipinski definition) is 2. The quantitative estimate of drug-likeness (QED) is 0.338. The Morgan fingerprint density at radius 1 is 1.25 bits per heavy atom. The number of likely N-dealkylation sites (tertiary alicyclic amines) is 1. The minimum Gasteiger partial charge on any atom is -0.490 e. The lowest BCUT2D eigenvalue weighted by atomic mass is 10.1. The summed E-state index contributed by atoms with van der Waals surface area (Å²) in [7, 11) is 2.14. The van der Waals surface area contributed by atoms with Crippen molar-refractivity contribution in [3.05, 3.63) is 63.2 Å². The van der Waals surface area contributed by atoms with Gasteiger partial charge in [0.25, 0.3) is 5.91 Å². The third kappa shape index (κ3) is 6.46. The topological polar surface area (TPSA) is 88.6 Å². The lowest BCUT2D eigenvalue weighted by Crippen LogP contribution is -2.35. The number of para-hydroxylation sites is 1. The maximum atomic E-state index is 13.0. The standard InChI is InChI=1S/C26H29BrClN5O3/c1-4-35-25-19(24(34)31-23-20(27)6-5-7-21(23)28)15-29-26(32-25)30-17-8-9-22(16(2)14-17)36-18-10-12-33(3)13-11-18/h5-9,14-15,18H,4,10-13H2,1-3H3,(H,31,34)(H,29,30,32). The molecule has 3 aromatic rings. The van der Waals surface area contributed by atoms with Gasteiger partial charge in [-0.3, -0.25) is 4.79 Å². The maximum absolute atomic E-state index is 13.0. The maximum Gasteiger partial charge on any atom is 0.262 e. The van der Waals surface area contributed by atoms with E-state index in [-0.39, 0.29) is 17.5 Å². The van der Waals surface area contributed by atoms with Crippen molar-refractivity contribution in [2.45, 2.75) is 32.8 Å². The van der Waals surface area contributed by atoms with Crippen molar-refractivity contribution in [3.63, 3.8) is 0 Å². The summed E-state index contributed by atoms with van der Waals surface area (Å²) in [6.45, 7) is 6.28. The number of aromatic nitrogens is 2. The number of nitrogens with one attached hydrogen (secondary N) is 2. The summed E-state index contributed by atoms with van der Waals surface area (Å²) in [6.07, 6.45) is 3.72. The molecule has 0 atom stereocenters. The molecular formula is C26H29BrClN5O3. The van der Waals surface area contributed by atoms with Gasteiger partial charge in [-0.2, -0.15) is 4.98 Å². The van der Waals surface area contributed by atoms with E-state index >= 15 is 0 Å². The van der Waals surface area contributed by atoms with Gasteiger partial charge >= 0.3 is 0 Å². The first-order valence-electron chi connectivity index (χ1n) is 11.8. The lowest BCUT2D eigenvalue weighted by molar-refractivity contribution is 0.102. The molecular weight excluding hydrogens is 546 g/mol. The summed E-state index contributed by atoms with van der Waals surface area (Å²) in [5, 5.41) is 6.40. The molecule has 0 unspecified atom stereocenters. The van der Waals surface area contributed by atoms with Crippen LogP contribution in [0.15, 0.2) is 47.1 Å². The number of anilines is 3. The van der Waals surface area contributed by atoms with Crippen LogP contribution >= 0.6 is 27.5 Å². The molecule has 1 aromatic heterocycles. The number of nitrogens with zero attached hydrogens (tertiary/aromatic N) is 3. The van der Waals surface area contributed by atoms with E-state index < -0.39 is 5.91 Å². The Kier molecular flexibility index (Phi) is 8.66.